The molecule has 2 aliphatic rings. The van der Waals surface area contributed by atoms with Gasteiger partial charge in [-0.15, -0.1) is 11.3 Å². The Morgan fingerprint density at radius 3 is 2.69 bits per heavy atom. The summed E-state index contributed by atoms with van der Waals surface area (Å²) in [5, 5.41) is 5.73. The van der Waals surface area contributed by atoms with Crippen molar-refractivity contribution in [1.29, 1.82) is 0 Å². The summed E-state index contributed by atoms with van der Waals surface area (Å²) in [6.45, 7) is 4.72. The third kappa shape index (κ3) is 2.93. The Morgan fingerprint density at radius 1 is 1.19 bits per heavy atom. The minimum atomic E-state index is -0.213. The van der Waals surface area contributed by atoms with Crippen LogP contribution in [0.25, 0.3) is 16.5 Å². The van der Waals surface area contributed by atoms with Crippen molar-refractivity contribution in [3.63, 3.8) is 0 Å². The SMILES string of the molecule is CC(C)N1Cc2cc(-c3ccc(C=C4NC(=S)NC4=O)s3)ccc2C1=O. The molecule has 0 radical (unpaired) electrons. The number of amides is 2. The molecule has 0 spiro atoms. The lowest BCUT2D eigenvalue weighted by atomic mass is 10.1. The molecule has 2 N–H and O–H groups in total. The monoisotopic (exact) mass is 383 g/mol. The van der Waals surface area contributed by atoms with Crippen molar-refractivity contribution in [1.82, 2.24) is 15.5 Å². The van der Waals surface area contributed by atoms with Crippen LogP contribution in [0.2, 0.25) is 0 Å². The van der Waals surface area contributed by atoms with E-state index in [4.69, 9.17) is 12.2 Å². The van der Waals surface area contributed by atoms with Gasteiger partial charge in [-0.1, -0.05) is 6.07 Å². The lowest BCUT2D eigenvalue weighted by Crippen LogP contribution is -2.30. The normalized spacial score (nSPS) is 17.9. The summed E-state index contributed by atoms with van der Waals surface area (Å²) in [5.41, 5.74) is 3.39. The summed E-state index contributed by atoms with van der Waals surface area (Å²) in [7, 11) is 0. The van der Waals surface area contributed by atoms with Gasteiger partial charge in [-0.25, -0.2) is 0 Å². The summed E-state index contributed by atoms with van der Waals surface area (Å²) in [6, 6.07) is 10.2. The van der Waals surface area contributed by atoms with Crippen molar-refractivity contribution in [2.45, 2.75) is 26.4 Å². The third-order valence-corrected chi connectivity index (χ3v) is 5.76. The van der Waals surface area contributed by atoms with Crippen LogP contribution in [0, 0.1) is 0 Å². The van der Waals surface area contributed by atoms with Gasteiger partial charge in [-0.2, -0.15) is 0 Å². The molecule has 1 aromatic carbocycles. The number of rotatable bonds is 3. The second kappa shape index (κ2) is 6.34. The van der Waals surface area contributed by atoms with Gasteiger partial charge in [0.05, 0.1) is 0 Å². The summed E-state index contributed by atoms with van der Waals surface area (Å²) in [5.74, 6) is -0.109. The van der Waals surface area contributed by atoms with Crippen molar-refractivity contribution < 1.29 is 9.59 Å². The number of thiophene rings is 1. The molecule has 1 fully saturated rings. The van der Waals surface area contributed by atoms with E-state index in [1.54, 1.807) is 17.4 Å². The zero-order valence-corrected chi connectivity index (χ0v) is 16.0. The van der Waals surface area contributed by atoms with Crippen LogP contribution >= 0.6 is 23.6 Å². The predicted octanol–water partition coefficient (Wildman–Crippen LogP) is 3.12. The van der Waals surface area contributed by atoms with Gasteiger partial charge < -0.3 is 10.2 Å². The Bertz CT molecular complexity index is 975. The van der Waals surface area contributed by atoms with Gasteiger partial charge in [0.15, 0.2) is 5.11 Å². The first-order valence-electron chi connectivity index (χ1n) is 8.30. The number of carbonyl (C=O) groups excluding carboxylic acids is 2. The van der Waals surface area contributed by atoms with Gasteiger partial charge in [0.25, 0.3) is 11.8 Å². The van der Waals surface area contributed by atoms with Crippen LogP contribution in [0.15, 0.2) is 36.0 Å². The van der Waals surface area contributed by atoms with E-state index < -0.39 is 0 Å². The van der Waals surface area contributed by atoms with Gasteiger partial charge in [0.1, 0.15) is 5.70 Å². The highest BCUT2D eigenvalue weighted by molar-refractivity contribution is 7.80. The van der Waals surface area contributed by atoms with E-state index in [2.05, 4.69) is 16.7 Å². The second-order valence-corrected chi connectivity index (χ2v) is 8.09. The Morgan fingerprint density at radius 2 is 2.00 bits per heavy atom. The molecule has 2 aromatic rings. The highest BCUT2D eigenvalue weighted by Crippen LogP contribution is 2.33. The maximum atomic E-state index is 12.4. The maximum Gasteiger partial charge on any atom is 0.273 e. The molecule has 5 nitrogen and oxygen atoms in total. The van der Waals surface area contributed by atoms with Gasteiger partial charge in [-0.05, 0) is 67.5 Å². The van der Waals surface area contributed by atoms with Crippen molar-refractivity contribution in [2.75, 3.05) is 0 Å². The molecule has 0 aliphatic carbocycles. The largest absolute Gasteiger partial charge is 0.332 e. The van der Waals surface area contributed by atoms with Gasteiger partial charge in [0, 0.05) is 27.9 Å². The minimum Gasteiger partial charge on any atom is -0.332 e. The second-order valence-electron chi connectivity index (χ2n) is 6.57. The van der Waals surface area contributed by atoms with E-state index >= 15 is 0 Å². The van der Waals surface area contributed by atoms with E-state index in [1.165, 1.54) is 0 Å². The fraction of sp³-hybridized carbons (Fsp3) is 0.211. The highest BCUT2D eigenvalue weighted by atomic mass is 32.1. The van der Waals surface area contributed by atoms with E-state index in [9.17, 15) is 9.59 Å². The molecule has 0 unspecified atom stereocenters. The standard InChI is InChI=1S/C19H17N3O2S2/c1-10(2)22-9-12-7-11(3-5-14(12)18(22)24)16-6-4-13(26-16)8-15-17(23)21-19(25)20-15/h3-8,10H,9H2,1-2H3,(H2,20,21,23,25). The smallest absolute Gasteiger partial charge is 0.273 e. The zero-order valence-electron chi connectivity index (χ0n) is 14.3. The molecule has 7 heteroatoms. The Kier molecular flexibility index (Phi) is 4.13. The highest BCUT2D eigenvalue weighted by Gasteiger charge is 2.29. The van der Waals surface area contributed by atoms with Crippen LogP contribution in [0.1, 0.15) is 34.6 Å². The van der Waals surface area contributed by atoms with Crippen molar-refractivity contribution >= 4 is 46.6 Å². The topological polar surface area (TPSA) is 61.4 Å². The quantitative estimate of drug-likeness (QED) is 0.632. The summed E-state index contributed by atoms with van der Waals surface area (Å²) in [4.78, 5) is 28.1. The van der Waals surface area contributed by atoms with E-state index in [0.29, 0.717) is 17.4 Å². The Balaban J connectivity index is 1.61. The average Bonchev–Trinajstić information content (AvgIpc) is 3.26. The number of hydrogen-bond acceptors (Lipinski definition) is 4. The lowest BCUT2D eigenvalue weighted by molar-refractivity contribution is -0.115. The molecule has 4 rings (SSSR count). The molecule has 1 aromatic heterocycles. The molecule has 2 amide bonds. The number of nitrogens with one attached hydrogen (secondary N) is 2. The summed E-state index contributed by atoms with van der Waals surface area (Å²) >= 11 is 6.53. The van der Waals surface area contributed by atoms with Crippen LogP contribution in [0.3, 0.4) is 0 Å². The molecule has 0 saturated carbocycles. The third-order valence-electron chi connectivity index (χ3n) is 4.48. The summed E-state index contributed by atoms with van der Waals surface area (Å²) < 4.78 is 0. The summed E-state index contributed by atoms with van der Waals surface area (Å²) in [6.07, 6.45) is 1.79. The molecular weight excluding hydrogens is 366 g/mol. The molecule has 0 bridgehead atoms. The fourth-order valence-corrected chi connectivity index (χ4v) is 4.27. The first-order valence-corrected chi connectivity index (χ1v) is 9.53. The van der Waals surface area contributed by atoms with Crippen LogP contribution in [-0.4, -0.2) is 27.9 Å². The molecule has 26 heavy (non-hydrogen) atoms. The van der Waals surface area contributed by atoms with Crippen LogP contribution in [0.4, 0.5) is 0 Å². The predicted molar refractivity (Wildman–Crippen MR) is 107 cm³/mol. The molecule has 0 atom stereocenters. The van der Waals surface area contributed by atoms with Crippen molar-refractivity contribution in [3.05, 3.63) is 52.0 Å². The van der Waals surface area contributed by atoms with Crippen LogP contribution in [0.5, 0.6) is 0 Å². The Hall–Kier alpha value is -2.51. The molecule has 3 heterocycles. The minimum absolute atomic E-state index is 0.104. The van der Waals surface area contributed by atoms with Crippen molar-refractivity contribution in [2.24, 2.45) is 0 Å². The van der Waals surface area contributed by atoms with Gasteiger partial charge >= 0.3 is 0 Å². The molecule has 2 aliphatic heterocycles. The van der Waals surface area contributed by atoms with E-state index in [-0.39, 0.29) is 17.9 Å². The first kappa shape index (κ1) is 16.9. The van der Waals surface area contributed by atoms with Gasteiger partial charge in [-0.3, -0.25) is 14.9 Å². The number of hydrogen-bond donors (Lipinski definition) is 2. The molecule has 1 saturated heterocycles. The molecule has 132 valence electrons. The maximum absolute atomic E-state index is 12.4. The number of benzene rings is 1. The number of carbonyl (C=O) groups is 2. The lowest BCUT2D eigenvalue weighted by Gasteiger charge is -2.19. The van der Waals surface area contributed by atoms with Gasteiger partial charge in [0.2, 0.25) is 0 Å². The number of fused-ring (bicyclic) bond motifs is 1. The fourth-order valence-electron chi connectivity index (χ4n) is 3.12. The Labute approximate surface area is 160 Å². The first-order chi connectivity index (χ1) is 12.4. The number of thiocarbonyl (C=S) groups is 1. The number of nitrogens with zero attached hydrogens (tertiary/aromatic N) is 1. The van der Waals surface area contributed by atoms with Crippen molar-refractivity contribution in [3.8, 4) is 10.4 Å². The van der Waals surface area contributed by atoms with E-state index in [1.807, 2.05) is 43.0 Å². The molecular formula is C19H17N3O2S2. The van der Waals surface area contributed by atoms with Crippen LogP contribution < -0.4 is 10.6 Å². The average molecular weight is 383 g/mol. The zero-order chi connectivity index (χ0) is 18.4. The van der Waals surface area contributed by atoms with Crippen LogP contribution in [-0.2, 0) is 11.3 Å². The van der Waals surface area contributed by atoms with E-state index in [0.717, 1.165) is 26.4 Å².